The minimum absolute atomic E-state index is 0.0883. The van der Waals surface area contributed by atoms with Crippen LogP contribution in [0.3, 0.4) is 0 Å². The van der Waals surface area contributed by atoms with Crippen molar-refractivity contribution in [3.05, 3.63) is 53.1 Å². The van der Waals surface area contributed by atoms with Crippen LogP contribution in [0.2, 0.25) is 0 Å². The summed E-state index contributed by atoms with van der Waals surface area (Å²) in [6, 6.07) is 10.8. The van der Waals surface area contributed by atoms with Gasteiger partial charge in [-0.1, -0.05) is 12.1 Å². The third-order valence-electron chi connectivity index (χ3n) is 5.05. The van der Waals surface area contributed by atoms with Crippen LogP contribution in [-0.2, 0) is 14.4 Å². The quantitative estimate of drug-likeness (QED) is 0.798. The highest BCUT2D eigenvalue weighted by Gasteiger charge is 2.22. The van der Waals surface area contributed by atoms with Gasteiger partial charge in [0.15, 0.2) is 0 Å². The number of anilines is 3. The maximum absolute atomic E-state index is 12.3. The van der Waals surface area contributed by atoms with Crippen LogP contribution in [0.5, 0.6) is 0 Å². The Morgan fingerprint density at radius 2 is 1.43 bits per heavy atom. The van der Waals surface area contributed by atoms with E-state index in [1.165, 1.54) is 0 Å². The van der Waals surface area contributed by atoms with E-state index in [-0.39, 0.29) is 5.91 Å². The molecule has 0 bridgehead atoms. The van der Waals surface area contributed by atoms with E-state index in [0.29, 0.717) is 24.3 Å². The molecule has 1 aliphatic heterocycles. The number of amides is 3. The molecule has 6 nitrogen and oxygen atoms in total. The van der Waals surface area contributed by atoms with Crippen LogP contribution in [0.1, 0.15) is 36.0 Å². The summed E-state index contributed by atoms with van der Waals surface area (Å²) < 4.78 is 0. The van der Waals surface area contributed by atoms with E-state index >= 15 is 0 Å². The largest absolute Gasteiger partial charge is 0.318 e. The minimum atomic E-state index is -0.752. The Labute approximate surface area is 164 Å². The Morgan fingerprint density at radius 3 is 2.04 bits per heavy atom. The first-order valence-electron chi connectivity index (χ1n) is 9.46. The van der Waals surface area contributed by atoms with Crippen LogP contribution in [0.4, 0.5) is 17.1 Å². The second kappa shape index (κ2) is 8.25. The van der Waals surface area contributed by atoms with Gasteiger partial charge >= 0.3 is 11.8 Å². The Hall–Kier alpha value is -3.15. The lowest BCUT2D eigenvalue weighted by molar-refractivity contribution is -0.132. The standard InChI is InChI=1S/C22H25N3O3/c1-14-7-9-17(12-16(14)3)23-21(27)22(28)24-18-10-8-15(2)19(13-18)25-11-5-4-6-20(25)26/h7-10,12-13H,4-6,11H2,1-3H3,(H,23,27)(H,24,28). The first-order valence-corrected chi connectivity index (χ1v) is 9.46. The van der Waals surface area contributed by atoms with Crippen molar-refractivity contribution in [2.75, 3.05) is 22.1 Å². The molecule has 2 aromatic carbocycles. The second-order valence-corrected chi connectivity index (χ2v) is 7.21. The molecule has 28 heavy (non-hydrogen) atoms. The molecule has 6 heteroatoms. The van der Waals surface area contributed by atoms with E-state index in [4.69, 9.17) is 0 Å². The smallest absolute Gasteiger partial charge is 0.314 e. The summed E-state index contributed by atoms with van der Waals surface area (Å²) >= 11 is 0. The molecule has 0 atom stereocenters. The fourth-order valence-electron chi connectivity index (χ4n) is 3.23. The van der Waals surface area contributed by atoms with Gasteiger partial charge in [-0.3, -0.25) is 14.4 Å². The zero-order valence-corrected chi connectivity index (χ0v) is 16.5. The van der Waals surface area contributed by atoms with Crippen molar-refractivity contribution in [2.45, 2.75) is 40.0 Å². The first kappa shape index (κ1) is 19.6. The lowest BCUT2D eigenvalue weighted by Crippen LogP contribution is -2.35. The number of rotatable bonds is 3. The summed E-state index contributed by atoms with van der Waals surface area (Å²) in [5.41, 5.74) is 4.94. The van der Waals surface area contributed by atoms with E-state index in [0.717, 1.165) is 35.2 Å². The van der Waals surface area contributed by atoms with Gasteiger partial charge in [-0.2, -0.15) is 0 Å². The van der Waals surface area contributed by atoms with Crippen molar-refractivity contribution in [2.24, 2.45) is 0 Å². The van der Waals surface area contributed by atoms with Crippen LogP contribution in [0.25, 0.3) is 0 Å². The molecule has 0 saturated carbocycles. The molecule has 146 valence electrons. The number of carbonyl (C=O) groups excluding carboxylic acids is 3. The monoisotopic (exact) mass is 379 g/mol. The van der Waals surface area contributed by atoms with Gasteiger partial charge in [-0.25, -0.2) is 0 Å². The fraction of sp³-hybridized carbons (Fsp3) is 0.318. The number of piperidine rings is 1. The number of benzene rings is 2. The van der Waals surface area contributed by atoms with Gasteiger partial charge in [-0.05, 0) is 74.6 Å². The SMILES string of the molecule is Cc1ccc(NC(=O)C(=O)Nc2ccc(C)c(N3CCCCC3=O)c2)cc1C. The average Bonchev–Trinajstić information content (AvgIpc) is 2.67. The van der Waals surface area contributed by atoms with Crippen molar-refractivity contribution in [3.63, 3.8) is 0 Å². The van der Waals surface area contributed by atoms with E-state index in [2.05, 4.69) is 10.6 Å². The van der Waals surface area contributed by atoms with E-state index < -0.39 is 11.8 Å². The molecule has 0 spiro atoms. The topological polar surface area (TPSA) is 78.5 Å². The van der Waals surface area contributed by atoms with Gasteiger partial charge in [0.05, 0.1) is 0 Å². The summed E-state index contributed by atoms with van der Waals surface area (Å²) in [4.78, 5) is 38.5. The molecule has 0 radical (unpaired) electrons. The highest BCUT2D eigenvalue weighted by atomic mass is 16.2. The molecule has 3 rings (SSSR count). The molecular weight excluding hydrogens is 354 g/mol. The normalized spacial score (nSPS) is 14.0. The molecule has 0 aromatic heterocycles. The van der Waals surface area contributed by atoms with Crippen LogP contribution in [-0.4, -0.2) is 24.3 Å². The first-order chi connectivity index (χ1) is 13.3. The summed E-state index contributed by atoms with van der Waals surface area (Å²) in [5, 5.41) is 5.23. The summed E-state index contributed by atoms with van der Waals surface area (Å²) in [6.45, 7) is 6.52. The van der Waals surface area contributed by atoms with E-state index in [1.54, 1.807) is 23.1 Å². The minimum Gasteiger partial charge on any atom is -0.318 e. The molecule has 1 heterocycles. The Balaban J connectivity index is 1.71. The van der Waals surface area contributed by atoms with Crippen molar-refractivity contribution in [3.8, 4) is 0 Å². The Morgan fingerprint density at radius 1 is 0.821 bits per heavy atom. The average molecular weight is 379 g/mol. The van der Waals surface area contributed by atoms with Crippen molar-refractivity contribution in [1.29, 1.82) is 0 Å². The number of hydrogen-bond donors (Lipinski definition) is 2. The fourth-order valence-corrected chi connectivity index (χ4v) is 3.23. The predicted octanol–water partition coefficient (Wildman–Crippen LogP) is 3.71. The van der Waals surface area contributed by atoms with Gasteiger partial charge in [0.1, 0.15) is 0 Å². The summed E-state index contributed by atoms with van der Waals surface area (Å²) in [5.74, 6) is -1.40. The van der Waals surface area contributed by atoms with Gasteiger partial charge in [-0.15, -0.1) is 0 Å². The van der Waals surface area contributed by atoms with Crippen molar-refractivity contribution in [1.82, 2.24) is 0 Å². The van der Waals surface area contributed by atoms with Gasteiger partial charge < -0.3 is 15.5 Å². The number of aryl methyl sites for hydroxylation is 3. The molecule has 1 fully saturated rings. The van der Waals surface area contributed by atoms with Crippen LogP contribution in [0.15, 0.2) is 36.4 Å². The van der Waals surface area contributed by atoms with Gasteiger partial charge in [0, 0.05) is 30.0 Å². The highest BCUT2D eigenvalue weighted by molar-refractivity contribution is 6.43. The molecule has 1 aliphatic rings. The zero-order chi connectivity index (χ0) is 20.3. The molecule has 2 N–H and O–H groups in total. The van der Waals surface area contributed by atoms with E-state index in [1.807, 2.05) is 39.0 Å². The van der Waals surface area contributed by atoms with Crippen LogP contribution in [0, 0.1) is 20.8 Å². The molecule has 3 amide bonds. The Bertz CT molecular complexity index is 937. The lowest BCUT2D eigenvalue weighted by atomic mass is 10.1. The number of hydrogen-bond acceptors (Lipinski definition) is 3. The van der Waals surface area contributed by atoms with Crippen molar-refractivity contribution >= 4 is 34.8 Å². The summed E-state index contributed by atoms with van der Waals surface area (Å²) in [7, 11) is 0. The van der Waals surface area contributed by atoms with E-state index in [9.17, 15) is 14.4 Å². The maximum Gasteiger partial charge on any atom is 0.314 e. The lowest BCUT2D eigenvalue weighted by Gasteiger charge is -2.28. The third kappa shape index (κ3) is 4.39. The molecular formula is C22H25N3O3. The Kier molecular flexibility index (Phi) is 5.78. The van der Waals surface area contributed by atoms with Crippen LogP contribution >= 0.6 is 0 Å². The maximum atomic E-state index is 12.3. The highest BCUT2D eigenvalue weighted by Crippen LogP contribution is 2.27. The number of nitrogens with one attached hydrogen (secondary N) is 2. The molecule has 0 aliphatic carbocycles. The number of nitrogens with zero attached hydrogens (tertiary/aromatic N) is 1. The third-order valence-corrected chi connectivity index (χ3v) is 5.05. The zero-order valence-electron chi connectivity index (χ0n) is 16.5. The molecule has 1 saturated heterocycles. The molecule has 2 aromatic rings. The number of carbonyl (C=O) groups is 3. The van der Waals surface area contributed by atoms with Crippen molar-refractivity contribution < 1.29 is 14.4 Å². The second-order valence-electron chi connectivity index (χ2n) is 7.21. The van der Waals surface area contributed by atoms with Crippen LogP contribution < -0.4 is 15.5 Å². The van der Waals surface area contributed by atoms with Gasteiger partial charge in [0.25, 0.3) is 0 Å². The summed E-state index contributed by atoms with van der Waals surface area (Å²) in [6.07, 6.45) is 2.40. The predicted molar refractivity (Wildman–Crippen MR) is 111 cm³/mol. The molecule has 0 unspecified atom stereocenters. The van der Waals surface area contributed by atoms with Gasteiger partial charge in [0.2, 0.25) is 5.91 Å².